The number of amides is 1. The van der Waals surface area contributed by atoms with Gasteiger partial charge in [-0.1, -0.05) is 6.07 Å². The number of piperidine rings is 1. The molecule has 0 aliphatic carbocycles. The Morgan fingerprint density at radius 1 is 1.08 bits per heavy atom. The van der Waals surface area contributed by atoms with Crippen LogP contribution in [0, 0.1) is 5.92 Å². The lowest BCUT2D eigenvalue weighted by molar-refractivity contribution is 0.0909. The first-order chi connectivity index (χ1) is 12.7. The molecule has 2 bridgehead atoms. The van der Waals surface area contributed by atoms with Crippen molar-refractivity contribution in [3.05, 3.63) is 54.1 Å². The molecule has 2 aliphatic heterocycles. The van der Waals surface area contributed by atoms with Gasteiger partial charge in [0.05, 0.1) is 7.11 Å². The molecule has 3 atom stereocenters. The Kier molecular flexibility index (Phi) is 4.80. The van der Waals surface area contributed by atoms with Crippen molar-refractivity contribution >= 4 is 5.91 Å². The molecule has 4 rings (SSSR count). The summed E-state index contributed by atoms with van der Waals surface area (Å²) in [6, 6.07) is 15.0. The van der Waals surface area contributed by atoms with E-state index in [4.69, 9.17) is 9.47 Å². The largest absolute Gasteiger partial charge is 0.497 e. The summed E-state index contributed by atoms with van der Waals surface area (Å²) in [5.41, 5.74) is 0.663. The summed E-state index contributed by atoms with van der Waals surface area (Å²) in [5, 5.41) is 3.18. The van der Waals surface area contributed by atoms with Gasteiger partial charge in [0.25, 0.3) is 5.91 Å². The van der Waals surface area contributed by atoms with Crippen LogP contribution in [0.25, 0.3) is 0 Å². The molecule has 2 aromatic rings. The van der Waals surface area contributed by atoms with Crippen LogP contribution in [0.2, 0.25) is 0 Å². The molecular weight excluding hydrogens is 328 g/mol. The van der Waals surface area contributed by atoms with Crippen LogP contribution in [-0.2, 0) is 0 Å². The fourth-order valence-electron chi connectivity index (χ4n) is 3.91. The monoisotopic (exact) mass is 352 g/mol. The van der Waals surface area contributed by atoms with Crippen molar-refractivity contribution in [2.75, 3.05) is 26.7 Å². The quantitative estimate of drug-likeness (QED) is 0.897. The van der Waals surface area contributed by atoms with Gasteiger partial charge in [-0.15, -0.1) is 0 Å². The van der Waals surface area contributed by atoms with E-state index in [1.165, 1.54) is 19.5 Å². The Balaban J connectivity index is 1.36. The molecule has 0 spiro atoms. The maximum atomic E-state index is 12.5. The van der Waals surface area contributed by atoms with E-state index in [1.807, 2.05) is 48.5 Å². The summed E-state index contributed by atoms with van der Waals surface area (Å²) in [6.45, 7) is 3.34. The van der Waals surface area contributed by atoms with E-state index in [0.29, 0.717) is 17.1 Å². The smallest absolute Gasteiger partial charge is 0.251 e. The summed E-state index contributed by atoms with van der Waals surface area (Å²) in [6.07, 6.45) is 2.36. The molecule has 0 aromatic heterocycles. The Morgan fingerprint density at radius 2 is 1.88 bits per heavy atom. The number of methoxy groups -OCH3 is 1. The van der Waals surface area contributed by atoms with E-state index in [1.54, 1.807) is 7.11 Å². The topological polar surface area (TPSA) is 50.8 Å². The fraction of sp³-hybridized carbons (Fsp3) is 0.381. The first-order valence-electron chi connectivity index (χ1n) is 9.15. The Hall–Kier alpha value is -2.53. The highest BCUT2D eigenvalue weighted by atomic mass is 16.5. The molecule has 136 valence electrons. The zero-order valence-electron chi connectivity index (χ0n) is 15.0. The average molecular weight is 352 g/mol. The lowest BCUT2D eigenvalue weighted by Gasteiger charge is -2.30. The summed E-state index contributed by atoms with van der Waals surface area (Å²) in [4.78, 5) is 15.0. The molecule has 5 heteroatoms. The van der Waals surface area contributed by atoms with Crippen molar-refractivity contribution in [3.8, 4) is 17.2 Å². The van der Waals surface area contributed by atoms with Crippen LogP contribution in [0.4, 0.5) is 0 Å². The average Bonchev–Trinajstić information content (AvgIpc) is 3.00. The second-order valence-corrected chi connectivity index (χ2v) is 7.13. The first-order valence-corrected chi connectivity index (χ1v) is 9.15. The van der Waals surface area contributed by atoms with E-state index in [9.17, 15) is 4.79 Å². The highest BCUT2D eigenvalue weighted by Crippen LogP contribution is 2.27. The van der Waals surface area contributed by atoms with Crippen LogP contribution in [0.5, 0.6) is 17.2 Å². The third-order valence-electron chi connectivity index (χ3n) is 5.20. The van der Waals surface area contributed by atoms with Crippen LogP contribution in [0.3, 0.4) is 0 Å². The van der Waals surface area contributed by atoms with Gasteiger partial charge in [0.1, 0.15) is 17.2 Å². The van der Waals surface area contributed by atoms with Crippen molar-refractivity contribution in [1.29, 1.82) is 0 Å². The number of rotatable bonds is 5. The van der Waals surface area contributed by atoms with E-state index in [0.717, 1.165) is 24.6 Å². The molecule has 0 saturated carbocycles. The molecule has 1 amide bonds. The number of carbonyl (C=O) groups excluding carboxylic acids is 1. The van der Waals surface area contributed by atoms with Gasteiger partial charge in [-0.05, 0) is 61.7 Å². The molecule has 2 aliphatic rings. The maximum Gasteiger partial charge on any atom is 0.251 e. The third-order valence-corrected chi connectivity index (χ3v) is 5.20. The summed E-state index contributed by atoms with van der Waals surface area (Å²) in [7, 11) is 1.63. The Morgan fingerprint density at radius 3 is 2.65 bits per heavy atom. The number of carbonyl (C=O) groups is 1. The molecule has 1 unspecified atom stereocenters. The van der Waals surface area contributed by atoms with E-state index in [2.05, 4.69) is 10.2 Å². The Bertz CT molecular complexity index is 763. The molecule has 0 radical (unpaired) electrons. The highest BCUT2D eigenvalue weighted by Gasteiger charge is 2.32. The fourth-order valence-corrected chi connectivity index (χ4v) is 3.91. The molecule has 1 N–H and O–H groups in total. The van der Waals surface area contributed by atoms with Crippen LogP contribution in [-0.4, -0.2) is 43.6 Å². The lowest BCUT2D eigenvalue weighted by atomic mass is 9.96. The zero-order valence-corrected chi connectivity index (χ0v) is 15.0. The lowest BCUT2D eigenvalue weighted by Crippen LogP contribution is -2.46. The van der Waals surface area contributed by atoms with Crippen molar-refractivity contribution in [1.82, 2.24) is 10.2 Å². The summed E-state index contributed by atoms with van der Waals surface area (Å²) < 4.78 is 11.0. The minimum atomic E-state index is -0.00886. The van der Waals surface area contributed by atoms with Crippen LogP contribution < -0.4 is 14.8 Å². The minimum absolute atomic E-state index is 0.00886. The molecule has 2 heterocycles. The Labute approximate surface area is 153 Å². The van der Waals surface area contributed by atoms with Gasteiger partial charge in [-0.2, -0.15) is 0 Å². The number of nitrogens with zero attached hydrogens (tertiary/aromatic N) is 1. The third kappa shape index (κ3) is 3.83. The number of nitrogens with one attached hydrogen (secondary N) is 1. The standard InChI is InChI=1S/C21H24N2O3/c1-25-19-3-2-4-20(12-19)26-18-7-5-16(6-8-18)21(24)22-17-11-15-9-10-23(13-15)14-17/h2-8,12,15,17H,9-11,13-14H2,1H3,(H,22,24)/t15-,17-/m1/s1. The second-order valence-electron chi connectivity index (χ2n) is 7.13. The van der Waals surface area contributed by atoms with Crippen molar-refractivity contribution in [3.63, 3.8) is 0 Å². The minimum Gasteiger partial charge on any atom is -0.497 e. The molecule has 2 aromatic carbocycles. The van der Waals surface area contributed by atoms with E-state index in [-0.39, 0.29) is 11.9 Å². The number of fused-ring (bicyclic) bond motifs is 2. The number of benzene rings is 2. The normalized spacial score (nSPS) is 24.1. The van der Waals surface area contributed by atoms with Gasteiger partial charge >= 0.3 is 0 Å². The molecular formula is C21H24N2O3. The predicted octanol–water partition coefficient (Wildman–Crippen LogP) is 3.31. The van der Waals surface area contributed by atoms with Crippen LogP contribution in [0.15, 0.2) is 48.5 Å². The van der Waals surface area contributed by atoms with Gasteiger partial charge in [-0.3, -0.25) is 4.79 Å². The van der Waals surface area contributed by atoms with Crippen molar-refractivity contribution in [2.24, 2.45) is 5.92 Å². The van der Waals surface area contributed by atoms with E-state index >= 15 is 0 Å². The molecule has 5 nitrogen and oxygen atoms in total. The molecule has 2 fully saturated rings. The summed E-state index contributed by atoms with van der Waals surface area (Å²) in [5.74, 6) is 2.87. The van der Waals surface area contributed by atoms with Gasteiger partial charge in [0.15, 0.2) is 0 Å². The predicted molar refractivity (Wildman–Crippen MR) is 99.9 cm³/mol. The zero-order chi connectivity index (χ0) is 17.9. The van der Waals surface area contributed by atoms with Crippen LogP contribution >= 0.6 is 0 Å². The summed E-state index contributed by atoms with van der Waals surface area (Å²) >= 11 is 0. The first kappa shape index (κ1) is 16.9. The SMILES string of the molecule is COc1cccc(Oc2ccc(C(=O)N[C@@H]3C[C@H]4CCN(C4)C3)cc2)c1. The van der Waals surface area contributed by atoms with Gasteiger partial charge in [0.2, 0.25) is 0 Å². The van der Waals surface area contributed by atoms with Gasteiger partial charge in [0, 0.05) is 30.8 Å². The van der Waals surface area contributed by atoms with Crippen LogP contribution in [0.1, 0.15) is 23.2 Å². The van der Waals surface area contributed by atoms with Crippen molar-refractivity contribution in [2.45, 2.75) is 18.9 Å². The molecule has 26 heavy (non-hydrogen) atoms. The maximum absolute atomic E-state index is 12.5. The second kappa shape index (κ2) is 7.38. The van der Waals surface area contributed by atoms with Crippen molar-refractivity contribution < 1.29 is 14.3 Å². The number of hydrogen-bond donors (Lipinski definition) is 1. The number of ether oxygens (including phenoxy) is 2. The van der Waals surface area contributed by atoms with Gasteiger partial charge < -0.3 is 19.7 Å². The number of hydrogen-bond acceptors (Lipinski definition) is 4. The molecule has 2 saturated heterocycles. The highest BCUT2D eigenvalue weighted by molar-refractivity contribution is 5.94. The van der Waals surface area contributed by atoms with E-state index < -0.39 is 0 Å². The van der Waals surface area contributed by atoms with Gasteiger partial charge in [-0.25, -0.2) is 0 Å².